The van der Waals surface area contributed by atoms with E-state index in [1.54, 1.807) is 35.2 Å². The molecule has 9 heteroatoms. The highest BCUT2D eigenvalue weighted by Crippen LogP contribution is 2.29. The van der Waals surface area contributed by atoms with Gasteiger partial charge in [0.15, 0.2) is 0 Å². The molecular formula is C16H17BrN2O4S2. The second-order valence-corrected chi connectivity index (χ2v) is 10.4. The number of hydrogen-bond donors (Lipinski definition) is 1. The molecule has 134 valence electrons. The summed E-state index contributed by atoms with van der Waals surface area (Å²) in [6.45, 7) is 2.88. The first-order chi connectivity index (χ1) is 11.8. The Morgan fingerprint density at radius 3 is 2.40 bits per heavy atom. The molecule has 1 amide bonds. The first-order valence-corrected chi connectivity index (χ1v) is 10.7. The highest BCUT2D eigenvalue weighted by atomic mass is 79.9. The fraction of sp³-hybridized carbons (Fsp3) is 0.312. The largest absolute Gasteiger partial charge is 0.507 e. The minimum absolute atomic E-state index is 0.0523. The zero-order valence-corrected chi connectivity index (χ0v) is 16.7. The van der Waals surface area contributed by atoms with Crippen molar-refractivity contribution in [3.63, 3.8) is 0 Å². The number of benzene rings is 1. The number of aryl methyl sites for hydroxylation is 1. The minimum atomic E-state index is -3.53. The molecule has 1 aromatic heterocycles. The molecule has 25 heavy (non-hydrogen) atoms. The van der Waals surface area contributed by atoms with Gasteiger partial charge in [0.05, 0.1) is 9.35 Å². The lowest BCUT2D eigenvalue weighted by molar-refractivity contribution is 0.0695. The predicted octanol–water partition coefficient (Wildman–Crippen LogP) is 2.67. The van der Waals surface area contributed by atoms with Gasteiger partial charge in [0.25, 0.3) is 15.9 Å². The average Bonchev–Trinajstić information content (AvgIpc) is 3.02. The molecule has 0 saturated carbocycles. The normalized spacial score (nSPS) is 16.2. The molecule has 0 radical (unpaired) electrons. The highest BCUT2D eigenvalue weighted by molar-refractivity contribution is 9.11. The number of hydrogen-bond acceptors (Lipinski definition) is 5. The zero-order chi connectivity index (χ0) is 18.2. The van der Waals surface area contributed by atoms with Gasteiger partial charge in [0.2, 0.25) is 0 Å². The molecular weight excluding hydrogens is 428 g/mol. The van der Waals surface area contributed by atoms with Crippen LogP contribution >= 0.6 is 27.3 Å². The van der Waals surface area contributed by atoms with Crippen LogP contribution in [0.25, 0.3) is 0 Å². The maximum Gasteiger partial charge on any atom is 0.257 e. The lowest BCUT2D eigenvalue weighted by atomic mass is 10.1. The number of phenolic OH excluding ortho intramolecular Hbond substituents is 1. The first kappa shape index (κ1) is 18.4. The van der Waals surface area contributed by atoms with Gasteiger partial charge in [-0.3, -0.25) is 4.79 Å². The zero-order valence-electron chi connectivity index (χ0n) is 13.5. The lowest BCUT2D eigenvalue weighted by Gasteiger charge is -2.33. The van der Waals surface area contributed by atoms with Gasteiger partial charge in [-0.2, -0.15) is 4.31 Å². The van der Waals surface area contributed by atoms with Crippen molar-refractivity contribution in [1.29, 1.82) is 0 Å². The molecule has 3 rings (SSSR count). The molecule has 0 spiro atoms. The summed E-state index contributed by atoms with van der Waals surface area (Å²) in [4.78, 5) is 14.1. The summed E-state index contributed by atoms with van der Waals surface area (Å²) in [7, 11) is -3.53. The van der Waals surface area contributed by atoms with E-state index in [-0.39, 0.29) is 47.6 Å². The van der Waals surface area contributed by atoms with E-state index in [1.807, 2.05) is 6.92 Å². The van der Waals surface area contributed by atoms with Crippen molar-refractivity contribution in [1.82, 2.24) is 9.21 Å². The van der Waals surface area contributed by atoms with Crippen molar-refractivity contribution in [2.24, 2.45) is 0 Å². The van der Waals surface area contributed by atoms with E-state index >= 15 is 0 Å². The maximum atomic E-state index is 12.6. The summed E-state index contributed by atoms with van der Waals surface area (Å²) < 4.78 is 27.7. The summed E-state index contributed by atoms with van der Waals surface area (Å²) in [5, 5.41) is 9.97. The molecule has 1 aliphatic heterocycles. The maximum absolute atomic E-state index is 12.6. The number of phenols is 1. The van der Waals surface area contributed by atoms with Crippen LogP contribution in [-0.2, 0) is 10.0 Å². The second kappa shape index (κ2) is 7.06. The van der Waals surface area contributed by atoms with Crippen molar-refractivity contribution in [3.05, 3.63) is 45.2 Å². The molecule has 2 heterocycles. The molecule has 1 aromatic carbocycles. The third-order valence-electron chi connectivity index (χ3n) is 4.05. The fourth-order valence-electron chi connectivity index (χ4n) is 2.69. The second-order valence-electron chi connectivity index (χ2n) is 5.78. The van der Waals surface area contributed by atoms with Crippen molar-refractivity contribution < 1.29 is 18.3 Å². The van der Waals surface area contributed by atoms with Gasteiger partial charge in [-0.15, -0.1) is 11.3 Å². The van der Waals surface area contributed by atoms with Crippen LogP contribution in [0.3, 0.4) is 0 Å². The van der Waals surface area contributed by atoms with Gasteiger partial charge in [-0.05, 0) is 52.7 Å². The van der Waals surface area contributed by atoms with Crippen LogP contribution in [0.2, 0.25) is 0 Å². The third-order valence-corrected chi connectivity index (χ3v) is 8.04. The number of nitrogens with zero attached hydrogens (tertiary/aromatic N) is 2. The van der Waals surface area contributed by atoms with Crippen LogP contribution in [0, 0.1) is 6.92 Å². The number of carbonyl (C=O) groups excluding carboxylic acids is 1. The molecule has 1 N–H and O–H groups in total. The number of amides is 1. The smallest absolute Gasteiger partial charge is 0.257 e. The molecule has 0 aliphatic carbocycles. The van der Waals surface area contributed by atoms with Crippen LogP contribution in [-0.4, -0.2) is 54.8 Å². The Morgan fingerprint density at radius 2 is 1.84 bits per heavy atom. The van der Waals surface area contributed by atoms with E-state index < -0.39 is 10.0 Å². The predicted molar refractivity (Wildman–Crippen MR) is 99.5 cm³/mol. The summed E-state index contributed by atoms with van der Waals surface area (Å²) in [6.07, 6.45) is 0. The average molecular weight is 445 g/mol. The molecule has 1 saturated heterocycles. The summed E-state index contributed by atoms with van der Waals surface area (Å²) in [5.74, 6) is -0.336. The van der Waals surface area contributed by atoms with Gasteiger partial charge in [-0.1, -0.05) is 6.07 Å². The van der Waals surface area contributed by atoms with E-state index in [4.69, 9.17) is 0 Å². The third kappa shape index (κ3) is 3.74. The number of rotatable bonds is 3. The van der Waals surface area contributed by atoms with Crippen molar-refractivity contribution >= 4 is 43.2 Å². The number of thiophene rings is 1. The highest BCUT2D eigenvalue weighted by Gasteiger charge is 2.31. The van der Waals surface area contributed by atoms with Crippen LogP contribution in [0.5, 0.6) is 5.75 Å². The minimum Gasteiger partial charge on any atom is -0.507 e. The summed E-state index contributed by atoms with van der Waals surface area (Å²) >= 11 is 4.44. The Morgan fingerprint density at radius 1 is 1.16 bits per heavy atom. The molecule has 6 nitrogen and oxygen atoms in total. The molecule has 0 unspecified atom stereocenters. The standard InChI is InChI=1S/C16H17BrN2O4S2/c1-11-2-3-12(13(20)10-11)16(21)18-6-8-19(9-7-18)25(22,23)15-5-4-14(17)24-15/h2-5,10,20H,6-9H2,1H3. The molecule has 1 fully saturated rings. The lowest BCUT2D eigenvalue weighted by Crippen LogP contribution is -2.50. The van der Waals surface area contributed by atoms with Crippen molar-refractivity contribution in [2.75, 3.05) is 26.2 Å². The van der Waals surface area contributed by atoms with E-state index in [0.717, 1.165) is 9.35 Å². The monoisotopic (exact) mass is 444 g/mol. The SMILES string of the molecule is Cc1ccc(C(=O)N2CCN(S(=O)(=O)c3ccc(Br)s3)CC2)c(O)c1. The number of aromatic hydroxyl groups is 1. The Hall–Kier alpha value is -1.42. The topological polar surface area (TPSA) is 77.9 Å². The Balaban J connectivity index is 1.70. The number of piperazine rings is 1. The van der Waals surface area contributed by atoms with E-state index in [2.05, 4.69) is 15.9 Å². The Labute approximate surface area is 158 Å². The van der Waals surface area contributed by atoms with Crippen molar-refractivity contribution in [2.45, 2.75) is 11.1 Å². The van der Waals surface area contributed by atoms with Gasteiger partial charge >= 0.3 is 0 Å². The van der Waals surface area contributed by atoms with Gasteiger partial charge in [0, 0.05) is 26.2 Å². The number of carbonyl (C=O) groups is 1. The first-order valence-electron chi connectivity index (χ1n) is 7.63. The summed E-state index contributed by atoms with van der Waals surface area (Å²) in [6, 6.07) is 8.19. The van der Waals surface area contributed by atoms with Crippen LogP contribution < -0.4 is 0 Å². The summed E-state index contributed by atoms with van der Waals surface area (Å²) in [5.41, 5.74) is 1.11. The van der Waals surface area contributed by atoms with Crippen LogP contribution in [0.15, 0.2) is 38.3 Å². The number of halogens is 1. The van der Waals surface area contributed by atoms with Gasteiger partial charge in [0.1, 0.15) is 9.96 Å². The van der Waals surface area contributed by atoms with Crippen molar-refractivity contribution in [3.8, 4) is 5.75 Å². The van der Waals surface area contributed by atoms with E-state index in [1.165, 1.54) is 15.6 Å². The Bertz CT molecular complexity index is 903. The quantitative estimate of drug-likeness (QED) is 0.788. The van der Waals surface area contributed by atoms with E-state index in [9.17, 15) is 18.3 Å². The fourth-order valence-corrected chi connectivity index (χ4v) is 6.27. The van der Waals surface area contributed by atoms with Gasteiger partial charge in [-0.25, -0.2) is 8.42 Å². The van der Waals surface area contributed by atoms with Crippen LogP contribution in [0.1, 0.15) is 15.9 Å². The van der Waals surface area contributed by atoms with E-state index in [0.29, 0.717) is 0 Å². The van der Waals surface area contributed by atoms with Crippen LogP contribution in [0.4, 0.5) is 0 Å². The molecule has 2 aromatic rings. The number of sulfonamides is 1. The molecule has 0 atom stereocenters. The van der Waals surface area contributed by atoms with Gasteiger partial charge < -0.3 is 10.0 Å². The molecule has 0 bridgehead atoms. The molecule has 1 aliphatic rings. The Kier molecular flexibility index (Phi) is 5.19.